The van der Waals surface area contributed by atoms with Crippen LogP contribution in [0.25, 0.3) is 0 Å². The molecule has 80 valence electrons. The third-order valence-electron chi connectivity index (χ3n) is 2.66. The Morgan fingerprint density at radius 3 is 2.93 bits per heavy atom. The third kappa shape index (κ3) is 2.37. The molecule has 1 amide bonds. The topological polar surface area (TPSA) is 33.2 Å². The Hall–Kier alpha value is -0.900. The van der Waals surface area contributed by atoms with Gasteiger partial charge in [0.2, 0.25) is 0 Å². The van der Waals surface area contributed by atoms with Crippen LogP contribution >= 0.6 is 15.9 Å². The van der Waals surface area contributed by atoms with Crippen molar-refractivity contribution in [3.05, 3.63) is 28.5 Å². The highest BCUT2D eigenvalue weighted by atomic mass is 79.9. The van der Waals surface area contributed by atoms with Crippen LogP contribution in [0.5, 0.6) is 0 Å². The molecular weight excluding hydrogens is 256 g/mol. The Labute approximate surface area is 97.6 Å². The molecule has 1 aromatic rings. The van der Waals surface area contributed by atoms with Gasteiger partial charge in [0, 0.05) is 23.8 Å². The van der Waals surface area contributed by atoms with E-state index in [1.807, 2.05) is 11.0 Å². The lowest BCUT2D eigenvalue weighted by Gasteiger charge is -2.14. The van der Waals surface area contributed by atoms with Crippen molar-refractivity contribution >= 4 is 21.8 Å². The lowest BCUT2D eigenvalue weighted by molar-refractivity contribution is 0.0782. The number of rotatable bonds is 1. The quantitative estimate of drug-likeness (QED) is 0.784. The maximum atomic E-state index is 12.0. The predicted molar refractivity (Wildman–Crippen MR) is 61.6 cm³/mol. The number of halogens is 1. The Bertz CT molecular complexity index is 363. The fraction of sp³-hybridized carbons (Fsp3) is 0.455. The molecule has 3 nitrogen and oxygen atoms in total. The minimum atomic E-state index is 0.0480. The summed E-state index contributed by atoms with van der Waals surface area (Å²) in [7, 11) is 0. The molecule has 1 aliphatic heterocycles. The SMILES string of the molecule is CC1CCN(C(=O)c2ccc(Br)cn2)C1. The smallest absolute Gasteiger partial charge is 0.272 e. The van der Waals surface area contributed by atoms with Crippen molar-refractivity contribution in [1.82, 2.24) is 9.88 Å². The van der Waals surface area contributed by atoms with E-state index in [2.05, 4.69) is 27.8 Å². The van der Waals surface area contributed by atoms with Crippen LogP contribution in [0.3, 0.4) is 0 Å². The summed E-state index contributed by atoms with van der Waals surface area (Å²) in [5.74, 6) is 0.663. The number of nitrogens with zero attached hydrogens (tertiary/aromatic N) is 2. The Morgan fingerprint density at radius 1 is 1.60 bits per heavy atom. The molecule has 15 heavy (non-hydrogen) atoms. The van der Waals surface area contributed by atoms with Gasteiger partial charge >= 0.3 is 0 Å². The molecule has 2 rings (SSSR count). The fourth-order valence-corrected chi connectivity index (χ4v) is 2.02. The van der Waals surface area contributed by atoms with Gasteiger partial charge in [-0.2, -0.15) is 0 Å². The largest absolute Gasteiger partial charge is 0.337 e. The summed E-state index contributed by atoms with van der Waals surface area (Å²) < 4.78 is 0.897. The molecule has 1 saturated heterocycles. The summed E-state index contributed by atoms with van der Waals surface area (Å²) in [5.41, 5.74) is 0.535. The van der Waals surface area contributed by atoms with Crippen LogP contribution in [0.4, 0.5) is 0 Å². The first-order chi connectivity index (χ1) is 7.16. The van der Waals surface area contributed by atoms with Gasteiger partial charge in [-0.25, -0.2) is 4.98 Å². The van der Waals surface area contributed by atoms with Crippen molar-refractivity contribution in [2.75, 3.05) is 13.1 Å². The van der Waals surface area contributed by atoms with E-state index < -0.39 is 0 Å². The van der Waals surface area contributed by atoms with Gasteiger partial charge in [-0.15, -0.1) is 0 Å². The number of aromatic nitrogens is 1. The normalized spacial score (nSPS) is 20.7. The van der Waals surface area contributed by atoms with Crippen LogP contribution in [0.1, 0.15) is 23.8 Å². The van der Waals surface area contributed by atoms with E-state index in [9.17, 15) is 4.79 Å². The number of carbonyl (C=O) groups excluding carboxylic acids is 1. The van der Waals surface area contributed by atoms with Crippen molar-refractivity contribution in [1.29, 1.82) is 0 Å². The van der Waals surface area contributed by atoms with Gasteiger partial charge in [0.25, 0.3) is 5.91 Å². The molecule has 1 atom stereocenters. The molecule has 0 radical (unpaired) electrons. The molecule has 1 aromatic heterocycles. The second kappa shape index (κ2) is 4.31. The van der Waals surface area contributed by atoms with E-state index >= 15 is 0 Å². The van der Waals surface area contributed by atoms with E-state index in [4.69, 9.17) is 0 Å². The molecule has 1 fully saturated rings. The fourth-order valence-electron chi connectivity index (χ4n) is 1.78. The number of hydrogen-bond acceptors (Lipinski definition) is 2. The van der Waals surface area contributed by atoms with Gasteiger partial charge < -0.3 is 4.90 Å². The molecule has 0 spiro atoms. The summed E-state index contributed by atoms with van der Waals surface area (Å²) >= 11 is 3.30. The first-order valence-electron chi connectivity index (χ1n) is 5.07. The molecule has 0 aliphatic carbocycles. The molecule has 4 heteroatoms. The Kier molecular flexibility index (Phi) is 3.05. The molecule has 2 heterocycles. The van der Waals surface area contributed by atoms with E-state index in [1.165, 1.54) is 0 Å². The van der Waals surface area contributed by atoms with Crippen LogP contribution in [0.2, 0.25) is 0 Å². The van der Waals surface area contributed by atoms with Crippen molar-refractivity contribution < 1.29 is 4.79 Å². The van der Waals surface area contributed by atoms with E-state index in [0.29, 0.717) is 11.6 Å². The minimum absolute atomic E-state index is 0.0480. The van der Waals surface area contributed by atoms with Crippen LogP contribution in [0, 0.1) is 5.92 Å². The maximum absolute atomic E-state index is 12.0. The first-order valence-corrected chi connectivity index (χ1v) is 5.87. The summed E-state index contributed by atoms with van der Waals surface area (Å²) in [5, 5.41) is 0. The lowest BCUT2D eigenvalue weighted by Crippen LogP contribution is -2.29. The first kappa shape index (κ1) is 10.6. The number of amides is 1. The molecule has 0 N–H and O–H groups in total. The zero-order chi connectivity index (χ0) is 10.8. The zero-order valence-electron chi connectivity index (χ0n) is 8.61. The number of hydrogen-bond donors (Lipinski definition) is 0. The number of likely N-dealkylation sites (tertiary alicyclic amines) is 1. The lowest BCUT2D eigenvalue weighted by atomic mass is 10.2. The zero-order valence-corrected chi connectivity index (χ0v) is 10.2. The highest BCUT2D eigenvalue weighted by molar-refractivity contribution is 9.10. The average Bonchev–Trinajstić information content (AvgIpc) is 2.65. The van der Waals surface area contributed by atoms with Gasteiger partial charge in [-0.3, -0.25) is 4.79 Å². The number of carbonyl (C=O) groups is 1. The van der Waals surface area contributed by atoms with Crippen molar-refractivity contribution in [3.8, 4) is 0 Å². The monoisotopic (exact) mass is 268 g/mol. The van der Waals surface area contributed by atoms with E-state index in [0.717, 1.165) is 24.0 Å². The average molecular weight is 269 g/mol. The Balaban J connectivity index is 2.11. The highest BCUT2D eigenvalue weighted by Crippen LogP contribution is 2.17. The molecule has 0 saturated carbocycles. The van der Waals surface area contributed by atoms with Gasteiger partial charge in [0.05, 0.1) is 0 Å². The van der Waals surface area contributed by atoms with Crippen LogP contribution in [-0.4, -0.2) is 28.9 Å². The van der Waals surface area contributed by atoms with E-state index in [1.54, 1.807) is 12.3 Å². The molecule has 1 unspecified atom stereocenters. The summed E-state index contributed by atoms with van der Waals surface area (Å²) in [6.45, 7) is 3.89. The summed E-state index contributed by atoms with van der Waals surface area (Å²) in [6, 6.07) is 3.61. The third-order valence-corrected chi connectivity index (χ3v) is 3.13. The van der Waals surface area contributed by atoms with E-state index in [-0.39, 0.29) is 5.91 Å². The second-order valence-electron chi connectivity index (χ2n) is 4.01. The molecular formula is C11H13BrN2O. The second-order valence-corrected chi connectivity index (χ2v) is 4.92. The molecule has 0 aromatic carbocycles. The predicted octanol–water partition coefficient (Wildman–Crippen LogP) is 2.33. The summed E-state index contributed by atoms with van der Waals surface area (Å²) in [6.07, 6.45) is 2.76. The molecule has 1 aliphatic rings. The minimum Gasteiger partial charge on any atom is -0.337 e. The van der Waals surface area contributed by atoms with Crippen molar-refractivity contribution in [3.63, 3.8) is 0 Å². The van der Waals surface area contributed by atoms with Gasteiger partial charge in [-0.1, -0.05) is 6.92 Å². The van der Waals surface area contributed by atoms with Crippen LogP contribution < -0.4 is 0 Å². The summed E-state index contributed by atoms with van der Waals surface area (Å²) in [4.78, 5) is 17.9. The van der Waals surface area contributed by atoms with Crippen LogP contribution in [0.15, 0.2) is 22.8 Å². The highest BCUT2D eigenvalue weighted by Gasteiger charge is 2.24. The molecule has 0 bridgehead atoms. The van der Waals surface area contributed by atoms with Crippen molar-refractivity contribution in [2.45, 2.75) is 13.3 Å². The van der Waals surface area contributed by atoms with Gasteiger partial charge in [0.15, 0.2) is 0 Å². The van der Waals surface area contributed by atoms with Crippen molar-refractivity contribution in [2.24, 2.45) is 5.92 Å². The van der Waals surface area contributed by atoms with Gasteiger partial charge in [-0.05, 0) is 40.4 Å². The Morgan fingerprint density at radius 2 is 2.40 bits per heavy atom. The van der Waals surface area contributed by atoms with Gasteiger partial charge in [0.1, 0.15) is 5.69 Å². The standard InChI is InChI=1S/C11H13BrN2O/c1-8-4-5-14(7-8)11(15)10-3-2-9(12)6-13-10/h2-3,6,8H,4-5,7H2,1H3. The maximum Gasteiger partial charge on any atom is 0.272 e. The van der Waals surface area contributed by atoms with Crippen LogP contribution in [-0.2, 0) is 0 Å². The number of pyridine rings is 1.